The van der Waals surface area contributed by atoms with Crippen LogP contribution in [0.25, 0.3) is 0 Å². The third kappa shape index (κ3) is 3.64. The first kappa shape index (κ1) is 15.6. The normalized spacial score (nSPS) is 12.2. The Balaban J connectivity index is 2.20. The van der Waals surface area contributed by atoms with E-state index in [2.05, 4.69) is 20.9 Å². The summed E-state index contributed by atoms with van der Waals surface area (Å²) in [6, 6.07) is 6.75. The van der Waals surface area contributed by atoms with E-state index in [0.717, 1.165) is 0 Å². The van der Waals surface area contributed by atoms with Crippen LogP contribution in [-0.4, -0.2) is 10.1 Å². The number of ether oxygens (including phenoxy) is 1. The highest BCUT2D eigenvalue weighted by Gasteiger charge is 2.10. The molecule has 106 valence electrons. The second-order valence-corrected chi connectivity index (χ2v) is 5.81. The predicted octanol–water partition coefficient (Wildman–Crippen LogP) is 5.39. The number of aliphatic hydroxyl groups is 1. The van der Waals surface area contributed by atoms with Crippen molar-refractivity contribution in [3.63, 3.8) is 0 Å². The zero-order valence-corrected chi connectivity index (χ0v) is 13.7. The largest absolute Gasteiger partial charge is 0.454 e. The van der Waals surface area contributed by atoms with Crippen molar-refractivity contribution in [3.8, 4) is 11.5 Å². The van der Waals surface area contributed by atoms with Gasteiger partial charge in [0, 0.05) is 10.5 Å². The molecule has 2 aromatic rings. The van der Waals surface area contributed by atoms with Gasteiger partial charge in [0.2, 0.25) is 0 Å². The molecule has 2 rings (SSSR count). The van der Waals surface area contributed by atoms with E-state index in [1.165, 1.54) is 0 Å². The topological polar surface area (TPSA) is 42.4 Å². The number of rotatable bonds is 4. The van der Waals surface area contributed by atoms with Crippen LogP contribution in [0.2, 0.25) is 10.0 Å². The second kappa shape index (κ2) is 6.76. The summed E-state index contributed by atoms with van der Waals surface area (Å²) in [6.07, 6.45) is 1.59. The van der Waals surface area contributed by atoms with Gasteiger partial charge in [0.05, 0.1) is 28.0 Å². The molecule has 0 aliphatic carbocycles. The van der Waals surface area contributed by atoms with Gasteiger partial charge in [-0.3, -0.25) is 4.98 Å². The third-order valence-corrected chi connectivity index (χ3v) is 4.18. The molecule has 0 saturated heterocycles. The van der Waals surface area contributed by atoms with E-state index in [-0.39, 0.29) is 0 Å². The Morgan fingerprint density at radius 3 is 2.65 bits per heavy atom. The molecule has 0 amide bonds. The van der Waals surface area contributed by atoms with Crippen molar-refractivity contribution in [2.45, 2.75) is 19.4 Å². The van der Waals surface area contributed by atoms with Gasteiger partial charge in [-0.1, -0.05) is 30.1 Å². The quantitative estimate of drug-likeness (QED) is 0.727. The number of hydrogen-bond acceptors (Lipinski definition) is 3. The Bertz CT molecular complexity index is 605. The number of pyridine rings is 1. The molecule has 1 heterocycles. The zero-order valence-electron chi connectivity index (χ0n) is 10.6. The van der Waals surface area contributed by atoms with Crippen LogP contribution in [-0.2, 0) is 0 Å². The molecule has 3 nitrogen and oxygen atoms in total. The highest BCUT2D eigenvalue weighted by Crippen LogP contribution is 2.36. The van der Waals surface area contributed by atoms with Gasteiger partial charge in [0.15, 0.2) is 0 Å². The van der Waals surface area contributed by atoms with Gasteiger partial charge in [-0.05, 0) is 40.5 Å². The fourth-order valence-corrected chi connectivity index (χ4v) is 2.40. The summed E-state index contributed by atoms with van der Waals surface area (Å²) in [5.41, 5.74) is 0.611. The Kier molecular flexibility index (Phi) is 5.27. The summed E-state index contributed by atoms with van der Waals surface area (Å²) < 4.78 is 6.34. The molecule has 20 heavy (non-hydrogen) atoms. The maximum absolute atomic E-state index is 9.67. The summed E-state index contributed by atoms with van der Waals surface area (Å²) in [4.78, 5) is 4.15. The Morgan fingerprint density at radius 1 is 1.30 bits per heavy atom. The van der Waals surface area contributed by atoms with Gasteiger partial charge in [-0.2, -0.15) is 0 Å². The van der Waals surface area contributed by atoms with Gasteiger partial charge in [0.25, 0.3) is 0 Å². The number of nitrogens with zero attached hydrogens (tertiary/aromatic N) is 1. The molecule has 6 heteroatoms. The van der Waals surface area contributed by atoms with Crippen LogP contribution in [0.4, 0.5) is 0 Å². The highest BCUT2D eigenvalue weighted by molar-refractivity contribution is 9.10. The van der Waals surface area contributed by atoms with E-state index in [9.17, 15) is 5.11 Å². The summed E-state index contributed by atoms with van der Waals surface area (Å²) in [6.45, 7) is 1.89. The van der Waals surface area contributed by atoms with Crippen LogP contribution in [0.3, 0.4) is 0 Å². The zero-order chi connectivity index (χ0) is 14.7. The van der Waals surface area contributed by atoms with Crippen LogP contribution in [0.15, 0.2) is 34.9 Å². The summed E-state index contributed by atoms with van der Waals surface area (Å²) >= 11 is 15.4. The molecule has 1 atom stereocenters. The lowest BCUT2D eigenvalue weighted by Crippen LogP contribution is -1.98. The Morgan fingerprint density at radius 2 is 2.05 bits per heavy atom. The molecule has 0 aliphatic heterocycles. The van der Waals surface area contributed by atoms with E-state index < -0.39 is 6.10 Å². The minimum absolute atomic E-state index is 0.443. The predicted molar refractivity (Wildman–Crippen MR) is 83.7 cm³/mol. The molecule has 0 unspecified atom stereocenters. The van der Waals surface area contributed by atoms with E-state index in [0.29, 0.717) is 38.1 Å². The summed E-state index contributed by atoms with van der Waals surface area (Å²) in [5, 5.41) is 10.6. The number of benzene rings is 1. The molecule has 0 fully saturated rings. The van der Waals surface area contributed by atoms with Crippen LogP contribution in [0.1, 0.15) is 25.1 Å². The third-order valence-electron chi connectivity index (χ3n) is 2.69. The van der Waals surface area contributed by atoms with Crippen LogP contribution < -0.4 is 4.74 Å². The molecule has 1 aromatic heterocycles. The second-order valence-electron chi connectivity index (χ2n) is 4.14. The van der Waals surface area contributed by atoms with Gasteiger partial charge < -0.3 is 9.84 Å². The van der Waals surface area contributed by atoms with E-state index >= 15 is 0 Å². The summed E-state index contributed by atoms with van der Waals surface area (Å²) in [7, 11) is 0. The number of aliphatic hydroxyl groups excluding tert-OH is 1. The Hall–Kier alpha value is -0.810. The lowest BCUT2D eigenvalue weighted by atomic mass is 10.2. The van der Waals surface area contributed by atoms with Crippen LogP contribution in [0, 0.1) is 0 Å². The number of hydrogen-bond donors (Lipinski definition) is 1. The van der Waals surface area contributed by atoms with Gasteiger partial charge in [0.1, 0.15) is 11.5 Å². The minimum Gasteiger partial charge on any atom is -0.454 e. The van der Waals surface area contributed by atoms with Crippen molar-refractivity contribution < 1.29 is 9.84 Å². The molecule has 0 spiro atoms. The van der Waals surface area contributed by atoms with Crippen molar-refractivity contribution in [2.75, 3.05) is 0 Å². The van der Waals surface area contributed by atoms with E-state index in [4.69, 9.17) is 27.9 Å². The van der Waals surface area contributed by atoms with Crippen molar-refractivity contribution in [1.82, 2.24) is 4.98 Å². The maximum Gasteiger partial charge on any atom is 0.147 e. The lowest BCUT2D eigenvalue weighted by molar-refractivity contribution is 0.169. The van der Waals surface area contributed by atoms with Gasteiger partial charge in [-0.25, -0.2) is 0 Å². The van der Waals surface area contributed by atoms with Crippen LogP contribution >= 0.6 is 39.1 Å². The molecule has 0 radical (unpaired) electrons. The first-order chi connectivity index (χ1) is 9.51. The molecule has 0 bridgehead atoms. The summed E-state index contributed by atoms with van der Waals surface area (Å²) in [5.74, 6) is 0.975. The smallest absolute Gasteiger partial charge is 0.147 e. The fourth-order valence-electron chi connectivity index (χ4n) is 1.57. The lowest BCUT2D eigenvalue weighted by Gasteiger charge is -2.10. The molecule has 1 N–H and O–H groups in total. The molecular weight excluding hydrogens is 365 g/mol. The minimum atomic E-state index is -0.560. The Labute approximate surface area is 135 Å². The first-order valence-corrected chi connectivity index (χ1v) is 7.52. The van der Waals surface area contributed by atoms with Gasteiger partial charge >= 0.3 is 0 Å². The average molecular weight is 377 g/mol. The average Bonchev–Trinajstić information content (AvgIpc) is 2.44. The monoisotopic (exact) mass is 375 g/mol. The SMILES string of the molecule is CC[C@@H](O)c1ccc(Oc2cc(Cl)c(Br)cc2Cl)cn1. The molecule has 0 aliphatic rings. The molecular formula is C14H12BrCl2NO2. The van der Waals surface area contributed by atoms with Gasteiger partial charge in [-0.15, -0.1) is 0 Å². The number of aromatic nitrogens is 1. The maximum atomic E-state index is 9.67. The fraction of sp³-hybridized carbons (Fsp3) is 0.214. The molecule has 1 aromatic carbocycles. The first-order valence-electron chi connectivity index (χ1n) is 5.97. The van der Waals surface area contributed by atoms with Crippen molar-refractivity contribution in [1.29, 1.82) is 0 Å². The molecule has 0 saturated carbocycles. The standard InChI is InChI=1S/C14H12BrCl2NO2/c1-2-13(19)12-4-3-8(7-18-12)20-14-6-10(16)9(15)5-11(14)17/h3-7,13,19H,2H2,1H3/t13-/m1/s1. The van der Waals surface area contributed by atoms with Crippen molar-refractivity contribution in [3.05, 3.63) is 50.7 Å². The van der Waals surface area contributed by atoms with Crippen molar-refractivity contribution in [2.24, 2.45) is 0 Å². The van der Waals surface area contributed by atoms with E-state index in [1.54, 1.807) is 30.5 Å². The number of halogens is 3. The van der Waals surface area contributed by atoms with Crippen molar-refractivity contribution >= 4 is 39.1 Å². The van der Waals surface area contributed by atoms with Crippen LogP contribution in [0.5, 0.6) is 11.5 Å². The highest BCUT2D eigenvalue weighted by atomic mass is 79.9. The van der Waals surface area contributed by atoms with E-state index in [1.807, 2.05) is 6.92 Å².